The number of thioether (sulfide) groups is 1. The summed E-state index contributed by atoms with van der Waals surface area (Å²) in [5, 5.41) is 6.25. The quantitative estimate of drug-likeness (QED) is 0.824. The molecule has 1 aromatic rings. The van der Waals surface area contributed by atoms with E-state index in [2.05, 4.69) is 17.6 Å². The molecular weight excluding hydrogens is 310 g/mol. The zero-order chi connectivity index (χ0) is 16.7. The molecule has 1 heterocycles. The van der Waals surface area contributed by atoms with Gasteiger partial charge in [0.15, 0.2) is 0 Å². The highest BCUT2D eigenvalue weighted by Crippen LogP contribution is 2.09. The lowest BCUT2D eigenvalue weighted by Crippen LogP contribution is -2.56. The standard InChI is InChI=1S/C17H25N3O2S/c1-13-12-20(10-9-18-13)17(22)15(8-11-23-2)19-16(21)14-6-4-3-5-7-14/h3-7,13,15,18H,8-12H2,1-2H3,(H,19,21). The van der Waals surface area contributed by atoms with Crippen LogP contribution >= 0.6 is 11.8 Å². The number of hydrogen-bond donors (Lipinski definition) is 2. The van der Waals surface area contributed by atoms with E-state index in [-0.39, 0.29) is 11.8 Å². The van der Waals surface area contributed by atoms with Crippen LogP contribution in [0.2, 0.25) is 0 Å². The number of carbonyl (C=O) groups excluding carboxylic acids is 2. The Morgan fingerprint density at radius 1 is 1.39 bits per heavy atom. The van der Waals surface area contributed by atoms with Crippen molar-refractivity contribution in [1.29, 1.82) is 0 Å². The monoisotopic (exact) mass is 335 g/mol. The molecule has 1 fully saturated rings. The Kier molecular flexibility index (Phi) is 6.92. The highest BCUT2D eigenvalue weighted by Gasteiger charge is 2.28. The smallest absolute Gasteiger partial charge is 0.251 e. The van der Waals surface area contributed by atoms with Gasteiger partial charge in [-0.2, -0.15) is 11.8 Å². The molecule has 1 aliphatic heterocycles. The molecule has 23 heavy (non-hydrogen) atoms. The van der Waals surface area contributed by atoms with E-state index < -0.39 is 6.04 Å². The number of nitrogens with one attached hydrogen (secondary N) is 2. The second-order valence-electron chi connectivity index (χ2n) is 5.81. The van der Waals surface area contributed by atoms with E-state index in [9.17, 15) is 9.59 Å². The van der Waals surface area contributed by atoms with Crippen LogP contribution in [-0.4, -0.2) is 60.4 Å². The predicted octanol–water partition coefficient (Wildman–Crippen LogP) is 1.36. The number of carbonyl (C=O) groups is 2. The first kappa shape index (κ1) is 17.8. The van der Waals surface area contributed by atoms with E-state index in [1.54, 1.807) is 23.9 Å². The maximum absolute atomic E-state index is 12.8. The van der Waals surface area contributed by atoms with E-state index in [1.807, 2.05) is 29.4 Å². The summed E-state index contributed by atoms with van der Waals surface area (Å²) in [5.74, 6) is 0.678. The van der Waals surface area contributed by atoms with Crippen LogP contribution in [0.15, 0.2) is 30.3 Å². The molecule has 6 heteroatoms. The van der Waals surface area contributed by atoms with Gasteiger partial charge in [-0.25, -0.2) is 0 Å². The molecule has 0 aliphatic carbocycles. The summed E-state index contributed by atoms with van der Waals surface area (Å²) in [5.41, 5.74) is 0.586. The Bertz CT molecular complexity index is 524. The van der Waals surface area contributed by atoms with Crippen molar-refractivity contribution < 1.29 is 9.59 Å². The summed E-state index contributed by atoms with van der Waals surface area (Å²) in [7, 11) is 0. The molecule has 2 unspecified atom stereocenters. The first-order valence-corrected chi connectivity index (χ1v) is 9.38. The van der Waals surface area contributed by atoms with Gasteiger partial charge in [0.1, 0.15) is 6.04 Å². The third-order valence-electron chi connectivity index (χ3n) is 3.93. The molecule has 0 saturated carbocycles. The van der Waals surface area contributed by atoms with Crippen molar-refractivity contribution in [3.63, 3.8) is 0 Å². The lowest BCUT2D eigenvalue weighted by Gasteiger charge is -2.34. The van der Waals surface area contributed by atoms with Gasteiger partial charge in [0.2, 0.25) is 5.91 Å². The van der Waals surface area contributed by atoms with Gasteiger partial charge in [-0.05, 0) is 37.5 Å². The molecule has 0 spiro atoms. The zero-order valence-corrected chi connectivity index (χ0v) is 14.6. The summed E-state index contributed by atoms with van der Waals surface area (Å²) in [6.45, 7) is 4.25. The topological polar surface area (TPSA) is 61.4 Å². The Labute approximate surface area is 142 Å². The maximum atomic E-state index is 12.8. The van der Waals surface area contributed by atoms with Gasteiger partial charge < -0.3 is 15.5 Å². The van der Waals surface area contributed by atoms with Crippen molar-refractivity contribution in [2.24, 2.45) is 0 Å². The van der Waals surface area contributed by atoms with Crippen LogP contribution in [0.1, 0.15) is 23.7 Å². The number of amides is 2. The number of piperazine rings is 1. The number of hydrogen-bond acceptors (Lipinski definition) is 4. The first-order chi connectivity index (χ1) is 11.1. The fraction of sp³-hybridized carbons (Fsp3) is 0.529. The minimum atomic E-state index is -0.458. The third-order valence-corrected chi connectivity index (χ3v) is 4.57. The average molecular weight is 335 g/mol. The van der Waals surface area contributed by atoms with Gasteiger partial charge in [0, 0.05) is 31.2 Å². The molecule has 0 bridgehead atoms. The second-order valence-corrected chi connectivity index (χ2v) is 6.80. The molecular formula is C17H25N3O2S. The minimum absolute atomic E-state index is 0.0247. The summed E-state index contributed by atoms with van der Waals surface area (Å²) < 4.78 is 0. The number of nitrogens with zero attached hydrogens (tertiary/aromatic N) is 1. The molecule has 1 aliphatic rings. The van der Waals surface area contributed by atoms with Crippen molar-refractivity contribution in [3.05, 3.63) is 35.9 Å². The van der Waals surface area contributed by atoms with Gasteiger partial charge in [0.25, 0.3) is 5.91 Å². The molecule has 2 N–H and O–H groups in total. The van der Waals surface area contributed by atoms with Gasteiger partial charge in [0.05, 0.1) is 0 Å². The van der Waals surface area contributed by atoms with Crippen LogP contribution in [0.4, 0.5) is 0 Å². The van der Waals surface area contributed by atoms with Gasteiger partial charge in [-0.15, -0.1) is 0 Å². The Hall–Kier alpha value is -1.53. The molecule has 2 rings (SSSR count). The molecule has 0 radical (unpaired) electrons. The SMILES string of the molecule is CSCCC(NC(=O)c1ccccc1)C(=O)N1CCNC(C)C1. The molecule has 1 saturated heterocycles. The van der Waals surface area contributed by atoms with E-state index >= 15 is 0 Å². The van der Waals surface area contributed by atoms with Crippen LogP contribution in [0, 0.1) is 0 Å². The van der Waals surface area contributed by atoms with Crippen molar-refractivity contribution in [3.8, 4) is 0 Å². The van der Waals surface area contributed by atoms with Gasteiger partial charge in [-0.3, -0.25) is 9.59 Å². The van der Waals surface area contributed by atoms with Crippen molar-refractivity contribution in [2.75, 3.05) is 31.6 Å². The Balaban J connectivity index is 2.03. The molecule has 0 aromatic heterocycles. The molecule has 126 valence electrons. The third kappa shape index (κ3) is 5.25. The molecule has 2 amide bonds. The average Bonchev–Trinajstić information content (AvgIpc) is 2.58. The molecule has 2 atom stereocenters. The summed E-state index contributed by atoms with van der Waals surface area (Å²) in [6.07, 6.45) is 2.66. The minimum Gasteiger partial charge on any atom is -0.340 e. The van der Waals surface area contributed by atoms with Crippen LogP contribution in [0.25, 0.3) is 0 Å². The van der Waals surface area contributed by atoms with Crippen molar-refractivity contribution in [1.82, 2.24) is 15.5 Å². The van der Waals surface area contributed by atoms with E-state index in [0.717, 1.165) is 12.3 Å². The maximum Gasteiger partial charge on any atom is 0.251 e. The largest absolute Gasteiger partial charge is 0.340 e. The Morgan fingerprint density at radius 2 is 2.13 bits per heavy atom. The number of benzene rings is 1. The fourth-order valence-electron chi connectivity index (χ4n) is 2.68. The lowest BCUT2D eigenvalue weighted by molar-refractivity contribution is -0.134. The second kappa shape index (κ2) is 8.93. The van der Waals surface area contributed by atoms with E-state index in [4.69, 9.17) is 0 Å². The van der Waals surface area contributed by atoms with E-state index in [1.165, 1.54) is 0 Å². The van der Waals surface area contributed by atoms with Crippen molar-refractivity contribution >= 4 is 23.6 Å². The molecule has 5 nitrogen and oxygen atoms in total. The normalized spacial score (nSPS) is 19.2. The number of rotatable bonds is 6. The fourth-order valence-corrected chi connectivity index (χ4v) is 3.15. The predicted molar refractivity (Wildman–Crippen MR) is 94.7 cm³/mol. The van der Waals surface area contributed by atoms with Crippen LogP contribution < -0.4 is 10.6 Å². The zero-order valence-electron chi connectivity index (χ0n) is 13.7. The summed E-state index contributed by atoms with van der Waals surface area (Å²) in [4.78, 5) is 27.0. The van der Waals surface area contributed by atoms with Crippen LogP contribution in [-0.2, 0) is 4.79 Å². The molecule has 1 aromatic carbocycles. The lowest BCUT2D eigenvalue weighted by atomic mass is 10.1. The highest BCUT2D eigenvalue weighted by molar-refractivity contribution is 7.98. The highest BCUT2D eigenvalue weighted by atomic mass is 32.2. The Morgan fingerprint density at radius 3 is 2.78 bits per heavy atom. The van der Waals surface area contributed by atoms with Crippen LogP contribution in [0.5, 0.6) is 0 Å². The van der Waals surface area contributed by atoms with Crippen molar-refractivity contribution in [2.45, 2.75) is 25.4 Å². The van der Waals surface area contributed by atoms with Gasteiger partial charge >= 0.3 is 0 Å². The van der Waals surface area contributed by atoms with E-state index in [0.29, 0.717) is 31.1 Å². The van der Waals surface area contributed by atoms with Gasteiger partial charge in [-0.1, -0.05) is 18.2 Å². The van der Waals surface area contributed by atoms with Crippen LogP contribution in [0.3, 0.4) is 0 Å². The summed E-state index contributed by atoms with van der Waals surface area (Å²) in [6, 6.07) is 8.88. The first-order valence-electron chi connectivity index (χ1n) is 7.99. The summed E-state index contributed by atoms with van der Waals surface area (Å²) >= 11 is 1.68.